The van der Waals surface area contributed by atoms with E-state index >= 15 is 0 Å². The van der Waals surface area contributed by atoms with Crippen LogP contribution < -0.4 is 10.1 Å². The number of carbonyl (C=O) groups excluding carboxylic acids is 1. The lowest BCUT2D eigenvalue weighted by Gasteiger charge is -2.14. The van der Waals surface area contributed by atoms with Crippen molar-refractivity contribution in [3.63, 3.8) is 0 Å². The molecular weight excluding hydrogens is 403 g/mol. The van der Waals surface area contributed by atoms with Crippen LogP contribution in [0.15, 0.2) is 24.3 Å². The van der Waals surface area contributed by atoms with Gasteiger partial charge in [0, 0.05) is 6.54 Å². The van der Waals surface area contributed by atoms with Gasteiger partial charge in [-0.3, -0.25) is 4.68 Å². The van der Waals surface area contributed by atoms with E-state index in [9.17, 15) is 18.0 Å². The van der Waals surface area contributed by atoms with E-state index in [1.54, 1.807) is 33.1 Å². The number of esters is 1. The number of alkyl halides is 3. The monoisotopic (exact) mass is 429 g/mol. The first-order chi connectivity index (χ1) is 14.4. The Morgan fingerprint density at radius 3 is 2.53 bits per heavy atom. The zero-order valence-electron chi connectivity index (χ0n) is 17.2. The number of nitrogens with one attached hydrogen (secondary N) is 1. The Hall–Kier alpha value is -2.75. The van der Waals surface area contributed by atoms with Crippen LogP contribution in [0.4, 0.5) is 18.9 Å². The Morgan fingerprint density at radius 2 is 1.97 bits per heavy atom. The number of methoxy groups -OCH3 is 1. The van der Waals surface area contributed by atoms with Gasteiger partial charge in [-0.25, -0.2) is 18.0 Å². The third-order valence-corrected chi connectivity index (χ3v) is 4.26. The number of aromatic nitrogens is 2. The standard InChI is InChI=1S/C20H26F3N3O4/c1-4-29-20(27)18-17(24-9-10-30-16(11-21)19(22)23)13(2)25-26(18)12-14-5-7-15(28-3)8-6-14/h5-8,16,19,24H,4,9-12H2,1-3H3. The third-order valence-electron chi connectivity index (χ3n) is 4.26. The topological polar surface area (TPSA) is 74.6 Å². The molecule has 0 saturated carbocycles. The molecular formula is C20H26F3N3O4. The maximum absolute atomic E-state index is 12.6. The van der Waals surface area contributed by atoms with Gasteiger partial charge >= 0.3 is 5.97 Å². The van der Waals surface area contributed by atoms with Gasteiger partial charge in [0.1, 0.15) is 18.5 Å². The molecule has 2 aromatic rings. The number of nitrogens with zero attached hydrogens (tertiary/aromatic N) is 2. The predicted molar refractivity (Wildman–Crippen MR) is 105 cm³/mol. The minimum Gasteiger partial charge on any atom is -0.497 e. The van der Waals surface area contributed by atoms with Gasteiger partial charge in [-0.15, -0.1) is 0 Å². The Balaban J connectivity index is 2.17. The van der Waals surface area contributed by atoms with E-state index in [2.05, 4.69) is 10.4 Å². The molecule has 30 heavy (non-hydrogen) atoms. The number of hydrogen-bond acceptors (Lipinski definition) is 6. The molecule has 1 atom stereocenters. The van der Waals surface area contributed by atoms with Crippen molar-refractivity contribution in [3.05, 3.63) is 41.2 Å². The molecule has 1 heterocycles. The first-order valence-electron chi connectivity index (χ1n) is 9.48. The smallest absolute Gasteiger partial charge is 0.358 e. The molecule has 0 amide bonds. The molecule has 0 saturated heterocycles. The fourth-order valence-corrected chi connectivity index (χ4v) is 2.79. The summed E-state index contributed by atoms with van der Waals surface area (Å²) in [4.78, 5) is 12.5. The van der Waals surface area contributed by atoms with E-state index in [4.69, 9.17) is 14.2 Å². The van der Waals surface area contributed by atoms with Crippen LogP contribution in [0.25, 0.3) is 0 Å². The number of anilines is 1. The van der Waals surface area contributed by atoms with E-state index in [1.165, 1.54) is 4.68 Å². The fourth-order valence-electron chi connectivity index (χ4n) is 2.79. The van der Waals surface area contributed by atoms with Gasteiger partial charge < -0.3 is 19.5 Å². The molecule has 0 radical (unpaired) electrons. The molecule has 166 valence electrons. The Kier molecular flexibility index (Phi) is 8.97. The van der Waals surface area contributed by atoms with Crippen molar-refractivity contribution in [1.29, 1.82) is 0 Å². The molecule has 0 bridgehead atoms. The van der Waals surface area contributed by atoms with E-state index in [1.807, 2.05) is 12.1 Å². The maximum Gasteiger partial charge on any atom is 0.358 e. The number of ether oxygens (including phenoxy) is 3. The molecule has 0 aliphatic rings. The van der Waals surface area contributed by atoms with Crippen molar-refractivity contribution < 1.29 is 32.2 Å². The molecule has 1 aromatic heterocycles. The SMILES string of the molecule is CCOC(=O)c1c(NCCOC(CF)C(F)F)c(C)nn1Cc1ccc(OC)cc1. The van der Waals surface area contributed by atoms with Gasteiger partial charge in [0.2, 0.25) is 0 Å². The predicted octanol–water partition coefficient (Wildman–Crippen LogP) is 3.46. The quantitative estimate of drug-likeness (QED) is 0.412. The molecule has 0 aliphatic carbocycles. The van der Waals surface area contributed by atoms with Gasteiger partial charge in [-0.05, 0) is 31.5 Å². The molecule has 0 fully saturated rings. The summed E-state index contributed by atoms with van der Waals surface area (Å²) in [6, 6.07) is 7.31. The lowest BCUT2D eigenvalue weighted by molar-refractivity contribution is -0.0622. The lowest BCUT2D eigenvalue weighted by Crippen LogP contribution is -2.27. The number of carbonyl (C=O) groups is 1. The van der Waals surface area contributed by atoms with Crippen LogP contribution in [0.2, 0.25) is 0 Å². The summed E-state index contributed by atoms with van der Waals surface area (Å²) in [5.41, 5.74) is 2.05. The zero-order valence-corrected chi connectivity index (χ0v) is 17.2. The highest BCUT2D eigenvalue weighted by Gasteiger charge is 2.24. The minimum atomic E-state index is -2.90. The minimum absolute atomic E-state index is 0.0880. The second kappa shape index (κ2) is 11.4. The highest BCUT2D eigenvalue weighted by atomic mass is 19.3. The molecule has 1 unspecified atom stereocenters. The van der Waals surface area contributed by atoms with Crippen LogP contribution in [0.5, 0.6) is 5.75 Å². The van der Waals surface area contributed by atoms with Gasteiger partial charge in [0.15, 0.2) is 5.69 Å². The molecule has 1 aromatic carbocycles. The van der Waals surface area contributed by atoms with Gasteiger partial charge in [0.25, 0.3) is 6.43 Å². The van der Waals surface area contributed by atoms with Gasteiger partial charge in [-0.2, -0.15) is 5.10 Å². The molecule has 10 heteroatoms. The van der Waals surface area contributed by atoms with Gasteiger partial charge in [-0.1, -0.05) is 12.1 Å². The highest BCUT2D eigenvalue weighted by molar-refractivity contribution is 5.94. The van der Waals surface area contributed by atoms with E-state index in [0.717, 1.165) is 5.56 Å². The van der Waals surface area contributed by atoms with E-state index in [-0.39, 0.29) is 25.5 Å². The number of benzene rings is 1. The summed E-state index contributed by atoms with van der Waals surface area (Å²) in [6.07, 6.45) is -4.67. The van der Waals surface area contributed by atoms with Crippen LogP contribution in [-0.2, 0) is 16.0 Å². The first kappa shape index (κ1) is 23.5. The average Bonchev–Trinajstić information content (AvgIpc) is 3.03. The molecule has 7 nitrogen and oxygen atoms in total. The van der Waals surface area contributed by atoms with Crippen molar-refractivity contribution in [2.75, 3.05) is 38.9 Å². The second-order valence-corrected chi connectivity index (χ2v) is 6.36. The average molecular weight is 429 g/mol. The van der Waals surface area contributed by atoms with Crippen LogP contribution >= 0.6 is 0 Å². The fraction of sp³-hybridized carbons (Fsp3) is 0.500. The Morgan fingerprint density at radius 1 is 1.27 bits per heavy atom. The molecule has 2 rings (SSSR count). The molecule has 1 N–H and O–H groups in total. The third kappa shape index (κ3) is 6.12. The number of hydrogen-bond donors (Lipinski definition) is 1. The van der Waals surface area contributed by atoms with Crippen molar-refractivity contribution in [3.8, 4) is 5.75 Å². The summed E-state index contributed by atoms with van der Waals surface area (Å²) >= 11 is 0. The second-order valence-electron chi connectivity index (χ2n) is 6.36. The van der Waals surface area contributed by atoms with Gasteiger partial charge in [0.05, 0.1) is 38.2 Å². The normalized spacial score (nSPS) is 12.1. The Bertz CT molecular complexity index is 812. The molecule has 0 spiro atoms. The number of aryl methyl sites for hydroxylation is 1. The zero-order chi connectivity index (χ0) is 22.1. The summed E-state index contributed by atoms with van der Waals surface area (Å²) in [6.45, 7) is 2.55. The summed E-state index contributed by atoms with van der Waals surface area (Å²) in [5, 5.41) is 7.38. The van der Waals surface area contributed by atoms with Crippen LogP contribution in [0.3, 0.4) is 0 Å². The van der Waals surface area contributed by atoms with Crippen LogP contribution in [-0.4, -0.2) is 61.8 Å². The maximum atomic E-state index is 12.6. The van der Waals surface area contributed by atoms with Crippen molar-refractivity contribution in [1.82, 2.24) is 9.78 Å². The van der Waals surface area contributed by atoms with E-state index < -0.39 is 25.2 Å². The van der Waals surface area contributed by atoms with Crippen LogP contribution in [0.1, 0.15) is 28.7 Å². The lowest BCUT2D eigenvalue weighted by atomic mass is 10.2. The summed E-state index contributed by atoms with van der Waals surface area (Å²) in [5.74, 6) is 0.142. The number of halogens is 3. The largest absolute Gasteiger partial charge is 0.497 e. The first-order valence-corrected chi connectivity index (χ1v) is 9.48. The summed E-state index contributed by atoms with van der Waals surface area (Å²) in [7, 11) is 1.57. The summed E-state index contributed by atoms with van der Waals surface area (Å²) < 4.78 is 54.3. The van der Waals surface area contributed by atoms with Crippen molar-refractivity contribution >= 4 is 11.7 Å². The van der Waals surface area contributed by atoms with Crippen molar-refractivity contribution in [2.45, 2.75) is 32.9 Å². The van der Waals surface area contributed by atoms with Crippen LogP contribution in [0, 0.1) is 6.92 Å². The number of rotatable bonds is 12. The van der Waals surface area contributed by atoms with E-state index in [0.29, 0.717) is 23.7 Å². The Labute approximate surface area is 173 Å². The molecule has 0 aliphatic heterocycles. The highest BCUT2D eigenvalue weighted by Crippen LogP contribution is 2.23. The van der Waals surface area contributed by atoms with Crippen molar-refractivity contribution in [2.24, 2.45) is 0 Å².